The number of carboxylic acids is 1. The summed E-state index contributed by atoms with van der Waals surface area (Å²) in [7, 11) is 0. The number of carbonyl (C=O) groups is 2. The number of hydrogen-bond donors (Lipinski definition) is 2. The molecule has 4 rings (SSSR count). The Morgan fingerprint density at radius 2 is 1.83 bits per heavy atom. The molecule has 9 heteroatoms. The second-order valence-electron chi connectivity index (χ2n) is 6.03. The second kappa shape index (κ2) is 7.62. The first-order valence-electron chi connectivity index (χ1n) is 8.35. The number of hydrogen-bond acceptors (Lipinski definition) is 5. The molecule has 0 bridgehead atoms. The number of nitrogens with zero attached hydrogens (tertiary/aromatic N) is 1. The number of anilines is 1. The molecule has 0 saturated carbocycles. The molecule has 146 valence electrons. The van der Waals surface area contributed by atoms with Crippen LogP contribution in [0.3, 0.4) is 0 Å². The van der Waals surface area contributed by atoms with Crippen molar-refractivity contribution < 1.29 is 23.8 Å². The average molecular weight is 431 g/mol. The summed E-state index contributed by atoms with van der Waals surface area (Å²) in [5.74, 6) is -1.38. The summed E-state index contributed by atoms with van der Waals surface area (Å²) in [6.45, 7) is -0.542. The van der Waals surface area contributed by atoms with E-state index in [1.165, 1.54) is 24.5 Å². The van der Waals surface area contributed by atoms with E-state index < -0.39 is 18.5 Å². The molecule has 1 amide bonds. The standard InChI is InChI=1S/C20H12Cl2N2O5/c21-12-7-23-8-13(22)18(12)24-20(27)11-5-6-15(28-9-16(25)26)19-17(11)10-3-1-2-4-14(10)29-19/h1-8H,9H2,(H,25,26)(H,23,24,27). The van der Waals surface area contributed by atoms with Gasteiger partial charge in [0.05, 0.1) is 21.3 Å². The number of fused-ring (bicyclic) bond motifs is 3. The van der Waals surface area contributed by atoms with E-state index in [0.717, 1.165) is 0 Å². The molecule has 2 N–H and O–H groups in total. The molecule has 0 aliphatic rings. The smallest absolute Gasteiger partial charge is 0.341 e. The molecule has 0 spiro atoms. The first-order chi connectivity index (χ1) is 14.0. The van der Waals surface area contributed by atoms with Crippen LogP contribution in [-0.2, 0) is 4.79 Å². The third-order valence-corrected chi connectivity index (χ3v) is 4.75. The molecule has 4 aromatic rings. The van der Waals surface area contributed by atoms with Gasteiger partial charge in [0.25, 0.3) is 5.91 Å². The highest BCUT2D eigenvalue weighted by atomic mass is 35.5. The highest BCUT2D eigenvalue weighted by Crippen LogP contribution is 2.38. The molecule has 7 nitrogen and oxygen atoms in total. The van der Waals surface area contributed by atoms with Gasteiger partial charge >= 0.3 is 5.97 Å². The third kappa shape index (κ3) is 3.57. The average Bonchev–Trinajstić information content (AvgIpc) is 3.08. The zero-order valence-electron chi connectivity index (χ0n) is 14.6. The number of carboxylic acid groups (broad SMARTS) is 1. The molecular formula is C20H12Cl2N2O5. The van der Waals surface area contributed by atoms with E-state index in [2.05, 4.69) is 10.3 Å². The van der Waals surface area contributed by atoms with E-state index in [0.29, 0.717) is 16.4 Å². The van der Waals surface area contributed by atoms with Crippen LogP contribution < -0.4 is 10.1 Å². The van der Waals surface area contributed by atoms with Crippen LogP contribution >= 0.6 is 23.2 Å². The molecule has 0 aliphatic heterocycles. The van der Waals surface area contributed by atoms with E-state index in [9.17, 15) is 9.59 Å². The number of para-hydroxylation sites is 1. The van der Waals surface area contributed by atoms with Gasteiger partial charge < -0.3 is 19.6 Å². The lowest BCUT2D eigenvalue weighted by Crippen LogP contribution is -2.14. The number of pyridine rings is 1. The van der Waals surface area contributed by atoms with Gasteiger partial charge in [-0.1, -0.05) is 41.4 Å². The topological polar surface area (TPSA) is 102 Å². The van der Waals surface area contributed by atoms with Crippen LogP contribution in [0.4, 0.5) is 5.69 Å². The van der Waals surface area contributed by atoms with E-state index in [1.807, 2.05) is 0 Å². The van der Waals surface area contributed by atoms with Gasteiger partial charge in [0.15, 0.2) is 17.9 Å². The minimum Gasteiger partial charge on any atom is -0.479 e. The van der Waals surface area contributed by atoms with Crippen LogP contribution in [0, 0.1) is 0 Å². The third-order valence-electron chi connectivity index (χ3n) is 4.18. The number of furan rings is 1. The molecule has 2 aromatic carbocycles. The van der Waals surface area contributed by atoms with Crippen LogP contribution in [0.2, 0.25) is 10.0 Å². The largest absolute Gasteiger partial charge is 0.479 e. The molecule has 0 atom stereocenters. The molecule has 2 heterocycles. The fraction of sp³-hybridized carbons (Fsp3) is 0.0500. The summed E-state index contributed by atoms with van der Waals surface area (Å²) in [4.78, 5) is 27.8. The van der Waals surface area contributed by atoms with Crippen molar-refractivity contribution >= 4 is 62.7 Å². The lowest BCUT2D eigenvalue weighted by Gasteiger charge is -2.11. The molecule has 0 fully saturated rings. The molecular weight excluding hydrogens is 419 g/mol. The predicted octanol–water partition coefficient (Wildman–Crippen LogP) is 5.00. The molecule has 0 radical (unpaired) electrons. The highest BCUT2D eigenvalue weighted by molar-refractivity contribution is 6.40. The van der Waals surface area contributed by atoms with Crippen molar-refractivity contribution in [2.24, 2.45) is 0 Å². The summed E-state index contributed by atoms with van der Waals surface area (Å²) >= 11 is 12.2. The van der Waals surface area contributed by atoms with Gasteiger partial charge in [0.1, 0.15) is 5.58 Å². The summed E-state index contributed by atoms with van der Waals surface area (Å²) in [5, 5.41) is 13.1. The lowest BCUT2D eigenvalue weighted by molar-refractivity contribution is -0.139. The minimum absolute atomic E-state index is 0.195. The molecule has 29 heavy (non-hydrogen) atoms. The lowest BCUT2D eigenvalue weighted by atomic mass is 10.0. The zero-order valence-corrected chi connectivity index (χ0v) is 16.1. The number of aromatic nitrogens is 1. The van der Waals surface area contributed by atoms with Crippen molar-refractivity contribution in [3.05, 3.63) is 64.4 Å². The van der Waals surface area contributed by atoms with Crippen LogP contribution in [0.25, 0.3) is 21.9 Å². The Labute approximate surface area is 173 Å². The Hall–Kier alpha value is -3.29. The van der Waals surface area contributed by atoms with Gasteiger partial charge in [-0.25, -0.2) is 4.79 Å². The van der Waals surface area contributed by atoms with Gasteiger partial charge in [0.2, 0.25) is 0 Å². The number of ether oxygens (including phenoxy) is 1. The van der Waals surface area contributed by atoms with Crippen molar-refractivity contribution in [3.8, 4) is 5.75 Å². The number of benzene rings is 2. The Bertz CT molecular complexity index is 1250. The van der Waals surface area contributed by atoms with E-state index >= 15 is 0 Å². The Morgan fingerprint density at radius 1 is 1.10 bits per heavy atom. The molecule has 0 aliphatic carbocycles. The molecule has 0 unspecified atom stereocenters. The van der Waals surface area contributed by atoms with Crippen LogP contribution in [0.1, 0.15) is 10.4 Å². The van der Waals surface area contributed by atoms with E-state index in [-0.39, 0.29) is 32.6 Å². The predicted molar refractivity (Wildman–Crippen MR) is 109 cm³/mol. The van der Waals surface area contributed by atoms with Gasteiger partial charge in [-0.3, -0.25) is 9.78 Å². The number of nitrogens with one attached hydrogen (secondary N) is 1. The summed E-state index contributed by atoms with van der Waals surface area (Å²) in [6, 6.07) is 10.1. The van der Waals surface area contributed by atoms with Crippen LogP contribution in [0.15, 0.2) is 53.2 Å². The van der Waals surface area contributed by atoms with Gasteiger partial charge in [-0.05, 0) is 18.2 Å². The van der Waals surface area contributed by atoms with E-state index in [4.69, 9.17) is 37.5 Å². The molecule has 2 aromatic heterocycles. The SMILES string of the molecule is O=C(O)COc1ccc(C(=O)Nc2c(Cl)cncc2Cl)c2c1oc1ccccc12. The maximum absolute atomic E-state index is 13.0. The number of aliphatic carboxylic acids is 1. The van der Waals surface area contributed by atoms with Crippen molar-refractivity contribution in [2.75, 3.05) is 11.9 Å². The second-order valence-corrected chi connectivity index (χ2v) is 6.84. The van der Waals surface area contributed by atoms with Crippen molar-refractivity contribution in [1.82, 2.24) is 4.98 Å². The van der Waals surface area contributed by atoms with Gasteiger partial charge in [-0.15, -0.1) is 0 Å². The summed E-state index contributed by atoms with van der Waals surface area (Å²) in [5.41, 5.74) is 1.33. The number of rotatable bonds is 5. The van der Waals surface area contributed by atoms with Gasteiger partial charge in [-0.2, -0.15) is 0 Å². The fourth-order valence-corrected chi connectivity index (χ4v) is 3.42. The van der Waals surface area contributed by atoms with Crippen LogP contribution in [-0.4, -0.2) is 28.6 Å². The number of carbonyl (C=O) groups excluding carboxylic acids is 1. The minimum atomic E-state index is -1.13. The maximum Gasteiger partial charge on any atom is 0.341 e. The zero-order chi connectivity index (χ0) is 20.5. The number of halogens is 2. The first kappa shape index (κ1) is 19.0. The Balaban J connectivity index is 1.85. The highest BCUT2D eigenvalue weighted by Gasteiger charge is 2.21. The first-order valence-corrected chi connectivity index (χ1v) is 9.10. The quantitative estimate of drug-likeness (QED) is 0.461. The van der Waals surface area contributed by atoms with Crippen LogP contribution in [0.5, 0.6) is 5.75 Å². The molecule has 0 saturated heterocycles. The van der Waals surface area contributed by atoms with Crippen molar-refractivity contribution in [3.63, 3.8) is 0 Å². The number of amides is 1. The van der Waals surface area contributed by atoms with Crippen molar-refractivity contribution in [1.29, 1.82) is 0 Å². The van der Waals surface area contributed by atoms with Crippen molar-refractivity contribution in [2.45, 2.75) is 0 Å². The van der Waals surface area contributed by atoms with Gasteiger partial charge in [0, 0.05) is 23.2 Å². The Morgan fingerprint density at radius 3 is 2.55 bits per heavy atom. The maximum atomic E-state index is 13.0. The van der Waals surface area contributed by atoms with E-state index in [1.54, 1.807) is 24.3 Å². The fourth-order valence-electron chi connectivity index (χ4n) is 2.96. The normalized spacial score (nSPS) is 11.0. The monoisotopic (exact) mass is 430 g/mol. The Kier molecular flexibility index (Phi) is 5.00. The summed E-state index contributed by atoms with van der Waals surface area (Å²) in [6.07, 6.45) is 2.74. The summed E-state index contributed by atoms with van der Waals surface area (Å²) < 4.78 is 11.2.